The minimum absolute atomic E-state index is 0.286. The minimum atomic E-state index is -3.56. The summed E-state index contributed by atoms with van der Waals surface area (Å²) in [6.45, 7) is 2.67. The van der Waals surface area contributed by atoms with Gasteiger partial charge < -0.3 is 5.32 Å². The molecule has 1 saturated carbocycles. The van der Waals surface area contributed by atoms with Gasteiger partial charge >= 0.3 is 0 Å². The highest BCUT2D eigenvalue weighted by molar-refractivity contribution is 7.94. The summed E-state index contributed by atoms with van der Waals surface area (Å²) < 4.78 is 27.2. The Kier molecular flexibility index (Phi) is 3.76. The van der Waals surface area contributed by atoms with Crippen molar-refractivity contribution in [2.24, 2.45) is 0 Å². The van der Waals surface area contributed by atoms with E-state index < -0.39 is 10.0 Å². The average molecular weight is 330 g/mol. The maximum Gasteiger partial charge on any atom is 0.273 e. The topological polar surface area (TPSA) is 84.0 Å². The molecule has 0 bridgehead atoms. The zero-order chi connectivity index (χ0) is 14.2. The van der Waals surface area contributed by atoms with Gasteiger partial charge in [0.25, 0.3) is 10.0 Å². The second-order valence-electron chi connectivity index (χ2n) is 4.68. The third kappa shape index (κ3) is 3.17. The van der Waals surface area contributed by atoms with Crippen LogP contribution in [-0.2, 0) is 16.6 Å². The van der Waals surface area contributed by atoms with Crippen LogP contribution in [0, 0.1) is 6.92 Å². The van der Waals surface area contributed by atoms with Crippen LogP contribution in [0.15, 0.2) is 15.8 Å². The third-order valence-corrected chi connectivity index (χ3v) is 6.76. The molecule has 9 heteroatoms. The highest BCUT2D eigenvalue weighted by Gasteiger charge is 2.23. The Morgan fingerprint density at radius 3 is 2.90 bits per heavy atom. The molecule has 0 saturated heterocycles. The van der Waals surface area contributed by atoms with Gasteiger partial charge in [0.15, 0.2) is 0 Å². The molecule has 2 aromatic rings. The average Bonchev–Trinajstić information content (AvgIpc) is 2.94. The number of hydrogen-bond donors (Lipinski definition) is 2. The number of nitrogens with zero attached hydrogens (tertiary/aromatic N) is 2. The molecule has 108 valence electrons. The molecule has 0 aliphatic heterocycles. The quantitative estimate of drug-likeness (QED) is 0.846. The van der Waals surface area contributed by atoms with Gasteiger partial charge in [0.05, 0.1) is 0 Å². The standard InChI is InChI=1S/C11H14N4O2S3/c1-7-4-10(19-9(7)5-12-8-2-3-8)20(16,17)15-11-14-13-6-18-11/h4,6,8,12H,2-3,5H2,1H3,(H,14,15). The monoisotopic (exact) mass is 330 g/mol. The number of aryl methyl sites for hydroxylation is 1. The lowest BCUT2D eigenvalue weighted by atomic mass is 10.3. The Labute approximate surface area is 125 Å². The van der Waals surface area contributed by atoms with Gasteiger partial charge in [0.2, 0.25) is 5.13 Å². The van der Waals surface area contributed by atoms with Crippen LogP contribution in [0.2, 0.25) is 0 Å². The van der Waals surface area contributed by atoms with Crippen molar-refractivity contribution in [3.63, 3.8) is 0 Å². The molecule has 1 fully saturated rings. The van der Waals surface area contributed by atoms with E-state index in [1.165, 1.54) is 29.7 Å². The number of hydrogen-bond acceptors (Lipinski definition) is 7. The molecule has 20 heavy (non-hydrogen) atoms. The lowest BCUT2D eigenvalue weighted by molar-refractivity contribution is 0.603. The molecule has 0 amide bonds. The molecule has 6 nitrogen and oxygen atoms in total. The van der Waals surface area contributed by atoms with E-state index in [1.807, 2.05) is 6.92 Å². The van der Waals surface area contributed by atoms with Gasteiger partial charge in [0.1, 0.15) is 9.72 Å². The summed E-state index contributed by atoms with van der Waals surface area (Å²) in [5.41, 5.74) is 2.49. The highest BCUT2D eigenvalue weighted by atomic mass is 32.2. The van der Waals surface area contributed by atoms with E-state index in [0.29, 0.717) is 10.3 Å². The molecule has 2 N–H and O–H groups in total. The SMILES string of the molecule is Cc1cc(S(=O)(=O)Nc2nncs2)sc1CNC1CC1. The molecule has 0 atom stereocenters. The van der Waals surface area contributed by atoms with Crippen molar-refractivity contribution in [2.45, 2.75) is 36.6 Å². The number of anilines is 1. The van der Waals surface area contributed by atoms with E-state index in [4.69, 9.17) is 0 Å². The fourth-order valence-corrected chi connectivity index (χ4v) is 4.94. The summed E-state index contributed by atoms with van der Waals surface area (Å²) in [6, 6.07) is 2.31. The molecular weight excluding hydrogens is 316 g/mol. The Morgan fingerprint density at radius 1 is 1.45 bits per heavy atom. The Balaban J connectivity index is 1.76. The first kappa shape index (κ1) is 13.9. The lowest BCUT2D eigenvalue weighted by Crippen LogP contribution is -2.14. The third-order valence-electron chi connectivity index (χ3n) is 2.97. The zero-order valence-electron chi connectivity index (χ0n) is 10.8. The van der Waals surface area contributed by atoms with Gasteiger partial charge in [-0.3, -0.25) is 4.72 Å². The minimum Gasteiger partial charge on any atom is -0.309 e. The van der Waals surface area contributed by atoms with Crippen LogP contribution < -0.4 is 10.0 Å². The van der Waals surface area contributed by atoms with E-state index >= 15 is 0 Å². The maximum atomic E-state index is 12.2. The molecule has 1 aliphatic rings. The van der Waals surface area contributed by atoms with Gasteiger partial charge in [-0.1, -0.05) is 11.3 Å². The fourth-order valence-electron chi connectivity index (χ4n) is 1.70. The van der Waals surface area contributed by atoms with Crippen molar-refractivity contribution >= 4 is 37.8 Å². The lowest BCUT2D eigenvalue weighted by Gasteiger charge is -2.01. The predicted octanol–water partition coefficient (Wildman–Crippen LogP) is 1.96. The predicted molar refractivity (Wildman–Crippen MR) is 79.6 cm³/mol. The molecule has 3 rings (SSSR count). The molecule has 2 aromatic heterocycles. The van der Waals surface area contributed by atoms with Crippen molar-refractivity contribution in [3.05, 3.63) is 22.0 Å². The summed E-state index contributed by atoms with van der Waals surface area (Å²) in [4.78, 5) is 1.06. The summed E-state index contributed by atoms with van der Waals surface area (Å²) in [7, 11) is -3.56. The van der Waals surface area contributed by atoms with Gasteiger partial charge in [-0.05, 0) is 31.4 Å². The van der Waals surface area contributed by atoms with Gasteiger partial charge in [-0.25, -0.2) is 8.42 Å². The van der Waals surface area contributed by atoms with Gasteiger partial charge in [-0.2, -0.15) is 0 Å². The van der Waals surface area contributed by atoms with Crippen LogP contribution in [0.25, 0.3) is 0 Å². The number of rotatable bonds is 6. The van der Waals surface area contributed by atoms with Crippen LogP contribution >= 0.6 is 22.7 Å². The van der Waals surface area contributed by atoms with E-state index in [1.54, 1.807) is 6.07 Å². The fraction of sp³-hybridized carbons (Fsp3) is 0.455. The molecule has 0 spiro atoms. The van der Waals surface area contributed by atoms with Crippen LogP contribution in [0.3, 0.4) is 0 Å². The Bertz CT molecular complexity index is 689. The molecule has 0 radical (unpaired) electrons. The molecular formula is C11H14N4O2S3. The first-order valence-corrected chi connectivity index (χ1v) is 9.34. The number of thiophene rings is 1. The van der Waals surface area contributed by atoms with Gasteiger partial charge in [-0.15, -0.1) is 21.5 Å². The van der Waals surface area contributed by atoms with E-state index in [9.17, 15) is 8.42 Å². The Morgan fingerprint density at radius 2 is 2.25 bits per heavy atom. The highest BCUT2D eigenvalue weighted by Crippen LogP contribution is 2.29. The van der Waals surface area contributed by atoms with Crippen molar-refractivity contribution in [3.8, 4) is 0 Å². The maximum absolute atomic E-state index is 12.2. The van der Waals surface area contributed by atoms with Crippen molar-refractivity contribution < 1.29 is 8.42 Å². The molecule has 2 heterocycles. The van der Waals surface area contributed by atoms with Crippen LogP contribution in [0.1, 0.15) is 23.3 Å². The van der Waals surface area contributed by atoms with Crippen molar-refractivity contribution in [2.75, 3.05) is 4.72 Å². The second kappa shape index (κ2) is 5.40. The van der Waals surface area contributed by atoms with Gasteiger partial charge in [0, 0.05) is 17.5 Å². The van der Waals surface area contributed by atoms with E-state index in [0.717, 1.165) is 28.3 Å². The van der Waals surface area contributed by atoms with Crippen LogP contribution in [0.4, 0.5) is 5.13 Å². The Hall–Kier alpha value is -1.03. The first-order chi connectivity index (χ1) is 9.54. The van der Waals surface area contributed by atoms with Crippen LogP contribution in [-0.4, -0.2) is 24.7 Å². The summed E-state index contributed by atoms with van der Waals surface area (Å²) in [6.07, 6.45) is 2.43. The molecule has 0 unspecified atom stereocenters. The number of nitrogens with one attached hydrogen (secondary N) is 2. The van der Waals surface area contributed by atoms with Crippen LogP contribution in [0.5, 0.6) is 0 Å². The summed E-state index contributed by atoms with van der Waals surface area (Å²) in [5.74, 6) is 0. The van der Waals surface area contributed by atoms with Crippen molar-refractivity contribution in [1.82, 2.24) is 15.5 Å². The molecule has 1 aliphatic carbocycles. The van der Waals surface area contributed by atoms with E-state index in [2.05, 4.69) is 20.2 Å². The number of sulfonamides is 1. The van der Waals surface area contributed by atoms with E-state index in [-0.39, 0.29) is 5.13 Å². The second-order valence-corrected chi connectivity index (χ2v) is 8.56. The smallest absolute Gasteiger partial charge is 0.273 e. The summed E-state index contributed by atoms with van der Waals surface area (Å²) >= 11 is 2.46. The normalized spacial score (nSPS) is 15.4. The molecule has 0 aromatic carbocycles. The summed E-state index contributed by atoms with van der Waals surface area (Å²) in [5, 5.41) is 11.0. The van der Waals surface area contributed by atoms with Crippen molar-refractivity contribution in [1.29, 1.82) is 0 Å². The number of aromatic nitrogens is 2. The zero-order valence-corrected chi connectivity index (χ0v) is 13.2. The largest absolute Gasteiger partial charge is 0.309 e. The first-order valence-electron chi connectivity index (χ1n) is 6.16.